The van der Waals surface area contributed by atoms with E-state index in [1.54, 1.807) is 25.4 Å². The van der Waals surface area contributed by atoms with Crippen LogP contribution in [0.5, 0.6) is 0 Å². The number of carbonyl (C=O) groups is 1. The average Bonchev–Trinajstić information content (AvgIpc) is 2.71. The maximum atomic E-state index is 12.6. The molecule has 2 aromatic carbocycles. The highest BCUT2D eigenvalue weighted by molar-refractivity contribution is 6.13. The first-order valence-electron chi connectivity index (χ1n) is 8.54. The van der Waals surface area contributed by atoms with E-state index in [9.17, 15) is 4.79 Å². The summed E-state index contributed by atoms with van der Waals surface area (Å²) in [5, 5.41) is 0. The Labute approximate surface area is 153 Å². The SMILES string of the molecule is CCOC(=O)C(N=C(c1ccccc1)c1ccccc1)c1cccnc1. The number of ether oxygens (including phenoxy) is 1. The van der Waals surface area contributed by atoms with Crippen LogP contribution in [0.3, 0.4) is 0 Å². The Hall–Kier alpha value is -3.27. The third-order valence-electron chi connectivity index (χ3n) is 3.86. The molecule has 0 fully saturated rings. The molecule has 1 unspecified atom stereocenters. The summed E-state index contributed by atoms with van der Waals surface area (Å²) in [4.78, 5) is 21.5. The van der Waals surface area contributed by atoms with Gasteiger partial charge in [-0.3, -0.25) is 9.98 Å². The Bertz CT molecular complexity index is 821. The highest BCUT2D eigenvalue weighted by atomic mass is 16.5. The van der Waals surface area contributed by atoms with E-state index in [4.69, 9.17) is 9.73 Å². The molecule has 0 amide bonds. The zero-order chi connectivity index (χ0) is 18.2. The number of aromatic nitrogens is 1. The van der Waals surface area contributed by atoms with Crippen molar-refractivity contribution in [3.63, 3.8) is 0 Å². The summed E-state index contributed by atoms with van der Waals surface area (Å²) < 4.78 is 5.26. The fourth-order valence-corrected chi connectivity index (χ4v) is 2.66. The minimum absolute atomic E-state index is 0.303. The smallest absolute Gasteiger partial charge is 0.335 e. The van der Waals surface area contributed by atoms with Crippen molar-refractivity contribution in [2.75, 3.05) is 6.61 Å². The molecule has 3 aromatic rings. The van der Waals surface area contributed by atoms with Crippen molar-refractivity contribution in [2.45, 2.75) is 13.0 Å². The number of nitrogens with zero attached hydrogens (tertiary/aromatic N) is 2. The van der Waals surface area contributed by atoms with E-state index >= 15 is 0 Å². The molecule has 0 spiro atoms. The maximum absolute atomic E-state index is 12.6. The lowest BCUT2D eigenvalue weighted by Crippen LogP contribution is -2.17. The molecule has 0 aliphatic carbocycles. The van der Waals surface area contributed by atoms with Gasteiger partial charge in [-0.1, -0.05) is 66.7 Å². The van der Waals surface area contributed by atoms with E-state index < -0.39 is 6.04 Å². The Morgan fingerprint density at radius 3 is 2.08 bits per heavy atom. The molecule has 3 rings (SSSR count). The van der Waals surface area contributed by atoms with Gasteiger partial charge in [-0.05, 0) is 13.0 Å². The third-order valence-corrected chi connectivity index (χ3v) is 3.86. The molecule has 1 heterocycles. The number of hydrogen-bond donors (Lipinski definition) is 0. The molecule has 26 heavy (non-hydrogen) atoms. The van der Waals surface area contributed by atoms with E-state index in [2.05, 4.69) is 4.98 Å². The van der Waals surface area contributed by atoms with Crippen LogP contribution >= 0.6 is 0 Å². The lowest BCUT2D eigenvalue weighted by molar-refractivity contribution is -0.144. The van der Waals surface area contributed by atoms with Gasteiger partial charge in [-0.25, -0.2) is 4.79 Å². The van der Waals surface area contributed by atoms with Gasteiger partial charge in [0.15, 0.2) is 6.04 Å². The van der Waals surface area contributed by atoms with Gasteiger partial charge >= 0.3 is 5.97 Å². The van der Waals surface area contributed by atoms with Crippen molar-refractivity contribution < 1.29 is 9.53 Å². The highest BCUT2D eigenvalue weighted by Crippen LogP contribution is 2.22. The van der Waals surface area contributed by atoms with Gasteiger partial charge in [-0.15, -0.1) is 0 Å². The summed E-state index contributed by atoms with van der Waals surface area (Å²) in [7, 11) is 0. The number of aliphatic imine (C=N–C) groups is 1. The largest absolute Gasteiger partial charge is 0.464 e. The first kappa shape index (κ1) is 17.5. The Morgan fingerprint density at radius 1 is 0.962 bits per heavy atom. The fourth-order valence-electron chi connectivity index (χ4n) is 2.66. The summed E-state index contributed by atoms with van der Waals surface area (Å²) in [5.74, 6) is -0.384. The summed E-state index contributed by atoms with van der Waals surface area (Å²) in [6, 6.07) is 22.5. The number of carbonyl (C=O) groups excluding carboxylic acids is 1. The second kappa shape index (κ2) is 8.72. The van der Waals surface area contributed by atoms with Crippen molar-refractivity contribution in [1.82, 2.24) is 4.98 Å². The Morgan fingerprint density at radius 2 is 1.58 bits per heavy atom. The molecule has 0 radical (unpaired) electrons. The predicted octanol–water partition coefficient (Wildman–Crippen LogP) is 4.22. The standard InChI is InChI=1S/C22H20N2O2/c1-2-26-22(25)21(19-14-9-15-23-16-19)24-20(17-10-5-3-6-11-17)18-12-7-4-8-13-18/h3-16,21H,2H2,1H3. The summed E-state index contributed by atoms with van der Waals surface area (Å²) >= 11 is 0. The first-order chi connectivity index (χ1) is 12.8. The Kier molecular flexibility index (Phi) is 5.88. The predicted molar refractivity (Wildman–Crippen MR) is 102 cm³/mol. The van der Waals surface area contributed by atoms with Crippen LogP contribution in [0.2, 0.25) is 0 Å². The van der Waals surface area contributed by atoms with Crippen LogP contribution in [0.4, 0.5) is 0 Å². The van der Waals surface area contributed by atoms with Crippen LogP contribution < -0.4 is 0 Å². The van der Waals surface area contributed by atoms with Crippen molar-refractivity contribution in [1.29, 1.82) is 0 Å². The van der Waals surface area contributed by atoms with E-state index in [-0.39, 0.29) is 5.97 Å². The summed E-state index contributed by atoms with van der Waals surface area (Å²) in [6.07, 6.45) is 3.32. The molecule has 0 bridgehead atoms. The second-order valence-electron chi connectivity index (χ2n) is 5.65. The number of esters is 1. The van der Waals surface area contributed by atoms with Crippen molar-refractivity contribution >= 4 is 11.7 Å². The first-order valence-corrected chi connectivity index (χ1v) is 8.54. The lowest BCUT2D eigenvalue weighted by atomic mass is 10.0. The van der Waals surface area contributed by atoms with Crippen molar-refractivity contribution in [3.8, 4) is 0 Å². The van der Waals surface area contributed by atoms with Gasteiger partial charge in [0.05, 0.1) is 12.3 Å². The highest BCUT2D eigenvalue weighted by Gasteiger charge is 2.23. The number of benzene rings is 2. The van der Waals surface area contributed by atoms with Crippen molar-refractivity contribution in [3.05, 3.63) is 102 Å². The number of hydrogen-bond acceptors (Lipinski definition) is 4. The zero-order valence-corrected chi connectivity index (χ0v) is 14.6. The van der Waals surface area contributed by atoms with Gasteiger partial charge < -0.3 is 4.74 Å². The number of rotatable bonds is 6. The molecule has 0 aliphatic rings. The third kappa shape index (κ3) is 4.22. The quantitative estimate of drug-likeness (QED) is 0.497. The van der Waals surface area contributed by atoms with Gasteiger partial charge in [0.2, 0.25) is 0 Å². The zero-order valence-electron chi connectivity index (χ0n) is 14.6. The molecular weight excluding hydrogens is 324 g/mol. The van der Waals surface area contributed by atoms with Crippen LogP contribution in [0.15, 0.2) is 90.2 Å². The maximum Gasteiger partial charge on any atom is 0.335 e. The summed E-state index contributed by atoms with van der Waals surface area (Å²) in [6.45, 7) is 2.09. The van der Waals surface area contributed by atoms with Crippen LogP contribution in [0.25, 0.3) is 0 Å². The second-order valence-corrected chi connectivity index (χ2v) is 5.65. The number of pyridine rings is 1. The van der Waals surface area contributed by atoms with Crippen LogP contribution in [-0.2, 0) is 9.53 Å². The summed E-state index contributed by atoms with van der Waals surface area (Å²) in [5.41, 5.74) is 3.33. The minimum atomic E-state index is -0.765. The molecule has 130 valence electrons. The molecular formula is C22H20N2O2. The van der Waals surface area contributed by atoms with Crippen LogP contribution in [0, 0.1) is 0 Å². The molecule has 0 saturated heterocycles. The van der Waals surface area contributed by atoms with Crippen LogP contribution in [-0.4, -0.2) is 23.3 Å². The molecule has 0 saturated carbocycles. The fraction of sp³-hybridized carbons (Fsp3) is 0.136. The lowest BCUT2D eigenvalue weighted by Gasteiger charge is -2.15. The normalized spacial score (nSPS) is 11.4. The van der Waals surface area contributed by atoms with E-state index in [1.165, 1.54) is 0 Å². The molecule has 4 heteroatoms. The van der Waals surface area contributed by atoms with Crippen LogP contribution in [0.1, 0.15) is 29.7 Å². The van der Waals surface area contributed by atoms with Crippen molar-refractivity contribution in [2.24, 2.45) is 4.99 Å². The van der Waals surface area contributed by atoms with E-state index in [0.29, 0.717) is 12.2 Å². The topological polar surface area (TPSA) is 51.5 Å². The molecule has 0 N–H and O–H groups in total. The van der Waals surface area contributed by atoms with Gasteiger partial charge in [0.1, 0.15) is 0 Å². The van der Waals surface area contributed by atoms with Gasteiger partial charge in [-0.2, -0.15) is 0 Å². The Balaban J connectivity index is 2.12. The molecule has 1 atom stereocenters. The molecule has 4 nitrogen and oxygen atoms in total. The van der Waals surface area contributed by atoms with E-state index in [1.807, 2.05) is 66.7 Å². The minimum Gasteiger partial charge on any atom is -0.464 e. The van der Waals surface area contributed by atoms with E-state index in [0.717, 1.165) is 16.8 Å². The van der Waals surface area contributed by atoms with Gasteiger partial charge in [0.25, 0.3) is 0 Å². The average molecular weight is 344 g/mol. The molecule has 1 aromatic heterocycles. The molecule has 0 aliphatic heterocycles. The van der Waals surface area contributed by atoms with Gasteiger partial charge in [0, 0.05) is 29.1 Å². The monoisotopic (exact) mass is 344 g/mol.